The molecule has 0 radical (unpaired) electrons. The molecular weight excluding hydrogens is 174 g/mol. The number of hydrogen-bond donors (Lipinski definition) is 0. The smallest absolute Gasteiger partial charge is 0.128 e. The molecule has 0 amide bonds. The summed E-state index contributed by atoms with van der Waals surface area (Å²) in [6, 6.07) is 7.86. The van der Waals surface area contributed by atoms with Gasteiger partial charge in [-0.25, -0.2) is 0 Å². The van der Waals surface area contributed by atoms with E-state index in [0.717, 1.165) is 17.0 Å². The van der Waals surface area contributed by atoms with E-state index < -0.39 is 0 Å². The van der Waals surface area contributed by atoms with Gasteiger partial charge in [0.1, 0.15) is 5.75 Å². The lowest BCUT2D eigenvalue weighted by Crippen LogP contribution is -1.89. The van der Waals surface area contributed by atoms with E-state index in [2.05, 4.69) is 4.99 Å². The summed E-state index contributed by atoms with van der Waals surface area (Å²) in [5.74, 6) is 0.853. The van der Waals surface area contributed by atoms with Crippen molar-refractivity contribution in [1.82, 2.24) is 0 Å². The van der Waals surface area contributed by atoms with E-state index in [4.69, 9.17) is 4.74 Å². The van der Waals surface area contributed by atoms with Gasteiger partial charge in [-0.05, 0) is 26.0 Å². The largest absolute Gasteiger partial charge is 0.496 e. The maximum absolute atomic E-state index is 5.26. The first-order valence-corrected chi connectivity index (χ1v) is 4.61. The molecule has 0 saturated carbocycles. The van der Waals surface area contributed by atoms with Gasteiger partial charge in [0, 0.05) is 11.8 Å². The van der Waals surface area contributed by atoms with Crippen LogP contribution in [0.15, 0.2) is 35.3 Å². The summed E-state index contributed by atoms with van der Waals surface area (Å²) in [7, 11) is 1.67. The summed E-state index contributed by atoms with van der Waals surface area (Å²) < 4.78 is 5.26. The number of ether oxygens (including phenoxy) is 1. The van der Waals surface area contributed by atoms with Gasteiger partial charge < -0.3 is 4.74 Å². The molecule has 0 aliphatic carbocycles. The van der Waals surface area contributed by atoms with Crippen LogP contribution in [0.1, 0.15) is 19.4 Å². The summed E-state index contributed by atoms with van der Waals surface area (Å²) in [4.78, 5) is 4.28. The highest BCUT2D eigenvalue weighted by molar-refractivity contribution is 5.75. The first kappa shape index (κ1) is 10.5. The Hall–Kier alpha value is -1.57. The number of methoxy groups -OCH3 is 1. The van der Waals surface area contributed by atoms with Crippen LogP contribution in [0, 0.1) is 0 Å². The topological polar surface area (TPSA) is 21.6 Å². The van der Waals surface area contributed by atoms with Crippen LogP contribution < -0.4 is 4.74 Å². The predicted octanol–water partition coefficient (Wildman–Crippen LogP) is 3.15. The molecule has 0 atom stereocenters. The highest BCUT2D eigenvalue weighted by Gasteiger charge is 2.04. The summed E-state index contributed by atoms with van der Waals surface area (Å²) in [6.07, 6.45) is 3.75. The fraction of sp³-hybridized carbons (Fsp3) is 0.250. The minimum Gasteiger partial charge on any atom is -0.496 e. The first-order valence-electron chi connectivity index (χ1n) is 4.61. The number of aliphatic imine (C=N–C) groups is 1. The number of hydrogen-bond acceptors (Lipinski definition) is 2. The third-order valence-electron chi connectivity index (χ3n) is 1.92. The van der Waals surface area contributed by atoms with Crippen LogP contribution >= 0.6 is 0 Å². The Labute approximate surface area is 84.9 Å². The maximum Gasteiger partial charge on any atom is 0.128 e. The van der Waals surface area contributed by atoms with Crippen molar-refractivity contribution in [2.45, 2.75) is 13.8 Å². The maximum atomic E-state index is 5.26. The highest BCUT2D eigenvalue weighted by atomic mass is 16.5. The molecule has 1 aromatic carbocycles. The number of para-hydroxylation sites is 1. The molecule has 0 N–H and O–H groups in total. The molecule has 0 spiro atoms. The second-order valence-electron chi connectivity index (χ2n) is 2.76. The van der Waals surface area contributed by atoms with Crippen molar-refractivity contribution in [2.24, 2.45) is 4.99 Å². The molecule has 0 aliphatic heterocycles. The Morgan fingerprint density at radius 2 is 2.00 bits per heavy atom. The van der Waals surface area contributed by atoms with Gasteiger partial charge in [0.25, 0.3) is 0 Å². The summed E-state index contributed by atoms with van der Waals surface area (Å²) in [5.41, 5.74) is 1.96. The Balaban J connectivity index is 3.16. The van der Waals surface area contributed by atoms with E-state index >= 15 is 0 Å². The van der Waals surface area contributed by atoms with E-state index in [1.807, 2.05) is 44.2 Å². The lowest BCUT2D eigenvalue weighted by atomic mass is 10.1. The monoisotopic (exact) mass is 189 g/mol. The average Bonchev–Trinajstić information content (AvgIpc) is 2.26. The van der Waals surface area contributed by atoms with E-state index in [-0.39, 0.29) is 0 Å². The fourth-order valence-corrected chi connectivity index (χ4v) is 1.29. The molecule has 14 heavy (non-hydrogen) atoms. The predicted molar refractivity (Wildman–Crippen MR) is 60.8 cm³/mol. The molecule has 2 heteroatoms. The highest BCUT2D eigenvalue weighted by Crippen LogP contribution is 2.25. The third kappa shape index (κ3) is 2.22. The lowest BCUT2D eigenvalue weighted by Gasteiger charge is -2.07. The summed E-state index contributed by atoms with van der Waals surface area (Å²) >= 11 is 0. The van der Waals surface area contributed by atoms with E-state index in [1.165, 1.54) is 0 Å². The zero-order valence-corrected chi connectivity index (χ0v) is 8.82. The number of benzene rings is 1. The Morgan fingerprint density at radius 3 is 2.57 bits per heavy atom. The fourth-order valence-electron chi connectivity index (χ4n) is 1.29. The Morgan fingerprint density at radius 1 is 1.29 bits per heavy atom. The molecule has 0 aliphatic rings. The van der Waals surface area contributed by atoms with Crippen LogP contribution in [0.4, 0.5) is 0 Å². The van der Waals surface area contributed by atoms with Crippen LogP contribution in [0.5, 0.6) is 5.75 Å². The van der Waals surface area contributed by atoms with Crippen LogP contribution in [0.25, 0.3) is 5.70 Å². The SMILES string of the molecule is CC=NC(=CC)c1ccccc1OC. The molecule has 0 saturated heterocycles. The van der Waals surface area contributed by atoms with Gasteiger partial charge in [-0.3, -0.25) is 4.99 Å². The van der Waals surface area contributed by atoms with Gasteiger partial charge in [-0.2, -0.15) is 0 Å². The number of nitrogens with zero attached hydrogens (tertiary/aromatic N) is 1. The Bertz CT molecular complexity index is 353. The molecule has 0 fully saturated rings. The van der Waals surface area contributed by atoms with Crippen molar-refractivity contribution in [3.05, 3.63) is 35.9 Å². The molecule has 2 nitrogen and oxygen atoms in total. The average molecular weight is 189 g/mol. The molecule has 1 rings (SSSR count). The molecule has 1 aromatic rings. The standard InChI is InChI=1S/C12H15NO/c1-4-11(13-5-2)10-8-6-7-9-12(10)14-3/h4-9H,1-3H3. The van der Waals surface area contributed by atoms with Gasteiger partial charge >= 0.3 is 0 Å². The second-order valence-corrected chi connectivity index (χ2v) is 2.76. The minimum absolute atomic E-state index is 0.853. The normalized spacial score (nSPS) is 12.1. The van der Waals surface area contributed by atoms with Crippen molar-refractivity contribution < 1.29 is 4.74 Å². The molecule has 0 aromatic heterocycles. The van der Waals surface area contributed by atoms with Crippen LogP contribution in [0.3, 0.4) is 0 Å². The lowest BCUT2D eigenvalue weighted by molar-refractivity contribution is 0.413. The van der Waals surface area contributed by atoms with Gasteiger partial charge in [-0.1, -0.05) is 18.2 Å². The summed E-state index contributed by atoms with van der Waals surface area (Å²) in [6.45, 7) is 3.87. The second kappa shape index (κ2) is 5.22. The van der Waals surface area contributed by atoms with Crippen LogP contribution in [0.2, 0.25) is 0 Å². The van der Waals surface area contributed by atoms with Gasteiger partial charge in [0.15, 0.2) is 0 Å². The zero-order chi connectivity index (χ0) is 10.4. The van der Waals surface area contributed by atoms with Crippen LogP contribution in [-0.4, -0.2) is 13.3 Å². The quantitative estimate of drug-likeness (QED) is 0.669. The minimum atomic E-state index is 0.853. The summed E-state index contributed by atoms with van der Waals surface area (Å²) in [5, 5.41) is 0. The van der Waals surface area contributed by atoms with Crippen molar-refractivity contribution in [3.63, 3.8) is 0 Å². The van der Waals surface area contributed by atoms with Gasteiger partial charge in [0.2, 0.25) is 0 Å². The van der Waals surface area contributed by atoms with Crippen molar-refractivity contribution in [1.29, 1.82) is 0 Å². The molecule has 0 heterocycles. The molecule has 0 unspecified atom stereocenters. The van der Waals surface area contributed by atoms with Crippen molar-refractivity contribution in [3.8, 4) is 5.75 Å². The van der Waals surface area contributed by atoms with Crippen molar-refractivity contribution >= 4 is 11.9 Å². The van der Waals surface area contributed by atoms with E-state index in [0.29, 0.717) is 0 Å². The number of rotatable bonds is 3. The first-order chi connectivity index (χ1) is 6.83. The van der Waals surface area contributed by atoms with Crippen molar-refractivity contribution in [2.75, 3.05) is 7.11 Å². The van der Waals surface area contributed by atoms with Crippen LogP contribution in [-0.2, 0) is 0 Å². The molecule has 74 valence electrons. The zero-order valence-electron chi connectivity index (χ0n) is 8.82. The van der Waals surface area contributed by atoms with Gasteiger partial charge in [0.05, 0.1) is 12.8 Å². The molecular formula is C12H15NO. The van der Waals surface area contributed by atoms with E-state index in [9.17, 15) is 0 Å². The third-order valence-corrected chi connectivity index (χ3v) is 1.92. The van der Waals surface area contributed by atoms with Gasteiger partial charge in [-0.15, -0.1) is 0 Å². The Kier molecular flexibility index (Phi) is 3.92. The van der Waals surface area contributed by atoms with E-state index in [1.54, 1.807) is 13.3 Å². The molecule has 0 bridgehead atoms. The number of allylic oxidation sites excluding steroid dienone is 1.